The van der Waals surface area contributed by atoms with Crippen molar-refractivity contribution in [2.24, 2.45) is 9.98 Å². The van der Waals surface area contributed by atoms with E-state index in [0.717, 1.165) is 0 Å². The summed E-state index contributed by atoms with van der Waals surface area (Å²) in [6, 6.07) is 0. The molecular weight excluding hydrogens is 224 g/mol. The molecule has 0 rings (SSSR count). The van der Waals surface area contributed by atoms with Gasteiger partial charge in [-0.3, -0.25) is 4.99 Å². The van der Waals surface area contributed by atoms with Crippen molar-refractivity contribution in [3.63, 3.8) is 0 Å². The molecule has 0 N–H and O–H groups in total. The molecule has 0 fully saturated rings. The third kappa shape index (κ3) is 4.12. The van der Waals surface area contributed by atoms with Crippen LogP contribution in [0.1, 0.15) is 0 Å². The number of hydrogen-bond donors (Lipinski definition) is 0. The van der Waals surface area contributed by atoms with Crippen LogP contribution >= 0.6 is 15.9 Å². The van der Waals surface area contributed by atoms with Crippen molar-refractivity contribution >= 4 is 28.5 Å². The lowest BCUT2D eigenvalue weighted by Gasteiger charge is -1.99. The molecule has 4 nitrogen and oxygen atoms in total. The van der Waals surface area contributed by atoms with E-state index in [1.165, 1.54) is 20.6 Å². The van der Waals surface area contributed by atoms with E-state index in [2.05, 4.69) is 30.7 Å². The molecular formula is C7H11BrN2O2. The average molecular weight is 235 g/mol. The Balaban J connectivity index is 4.49. The average Bonchev–Trinajstić information content (AvgIpc) is 2.06. The molecule has 0 heterocycles. The van der Waals surface area contributed by atoms with Crippen molar-refractivity contribution in [1.29, 1.82) is 0 Å². The SMILES string of the molecule is CN=C/C(Br)=C(\N=COC)OC. The number of nitrogens with zero attached hydrogens (tertiary/aromatic N) is 2. The lowest BCUT2D eigenvalue weighted by Crippen LogP contribution is -1.89. The van der Waals surface area contributed by atoms with Crippen molar-refractivity contribution in [2.75, 3.05) is 21.3 Å². The van der Waals surface area contributed by atoms with Gasteiger partial charge in [-0.2, -0.15) is 4.99 Å². The van der Waals surface area contributed by atoms with Crippen molar-refractivity contribution < 1.29 is 9.47 Å². The third-order valence-electron chi connectivity index (χ3n) is 0.915. The van der Waals surface area contributed by atoms with Crippen molar-refractivity contribution in [1.82, 2.24) is 0 Å². The highest BCUT2D eigenvalue weighted by atomic mass is 79.9. The second-order valence-electron chi connectivity index (χ2n) is 1.71. The van der Waals surface area contributed by atoms with E-state index in [0.29, 0.717) is 10.4 Å². The van der Waals surface area contributed by atoms with E-state index in [1.807, 2.05) is 0 Å². The van der Waals surface area contributed by atoms with Gasteiger partial charge in [0, 0.05) is 13.3 Å². The summed E-state index contributed by atoms with van der Waals surface area (Å²) >= 11 is 3.23. The highest BCUT2D eigenvalue weighted by molar-refractivity contribution is 9.12. The summed E-state index contributed by atoms with van der Waals surface area (Å²) in [5.41, 5.74) is 0. The Morgan fingerprint density at radius 3 is 2.50 bits per heavy atom. The molecule has 0 aromatic carbocycles. The van der Waals surface area contributed by atoms with Crippen LogP contribution in [0.5, 0.6) is 0 Å². The Morgan fingerprint density at radius 1 is 1.42 bits per heavy atom. The van der Waals surface area contributed by atoms with Gasteiger partial charge in [-0.1, -0.05) is 0 Å². The number of methoxy groups -OCH3 is 2. The van der Waals surface area contributed by atoms with E-state index in [4.69, 9.17) is 4.74 Å². The van der Waals surface area contributed by atoms with Crippen LogP contribution in [0.2, 0.25) is 0 Å². The van der Waals surface area contributed by atoms with E-state index in [-0.39, 0.29) is 0 Å². The molecule has 0 saturated heterocycles. The zero-order valence-electron chi connectivity index (χ0n) is 7.24. The summed E-state index contributed by atoms with van der Waals surface area (Å²) < 4.78 is 10.2. The number of allylic oxidation sites excluding steroid dienone is 1. The summed E-state index contributed by atoms with van der Waals surface area (Å²) in [6.07, 6.45) is 2.87. The molecule has 0 unspecified atom stereocenters. The minimum atomic E-state index is 0.419. The zero-order valence-corrected chi connectivity index (χ0v) is 8.83. The number of ether oxygens (including phenoxy) is 2. The van der Waals surface area contributed by atoms with Gasteiger partial charge in [0.05, 0.1) is 18.7 Å². The molecule has 0 amide bonds. The number of halogens is 1. The first-order chi connectivity index (χ1) is 5.76. The topological polar surface area (TPSA) is 43.2 Å². The van der Waals surface area contributed by atoms with Crippen molar-refractivity contribution in [3.05, 3.63) is 10.4 Å². The second kappa shape index (κ2) is 6.84. The monoisotopic (exact) mass is 234 g/mol. The molecule has 0 bridgehead atoms. The van der Waals surface area contributed by atoms with Crippen LogP contribution in [0.15, 0.2) is 20.4 Å². The minimum Gasteiger partial charge on any atom is -0.486 e. The largest absolute Gasteiger partial charge is 0.486 e. The van der Waals surface area contributed by atoms with Crippen LogP contribution in [-0.2, 0) is 9.47 Å². The fourth-order valence-corrected chi connectivity index (χ4v) is 0.950. The first kappa shape index (κ1) is 11.2. The van der Waals surface area contributed by atoms with Gasteiger partial charge in [-0.15, -0.1) is 0 Å². The second-order valence-corrected chi connectivity index (χ2v) is 2.57. The molecule has 0 aliphatic rings. The van der Waals surface area contributed by atoms with Crippen LogP contribution in [0, 0.1) is 0 Å². The maximum Gasteiger partial charge on any atom is 0.232 e. The van der Waals surface area contributed by atoms with Crippen LogP contribution in [0.4, 0.5) is 0 Å². The van der Waals surface area contributed by atoms with E-state index < -0.39 is 0 Å². The van der Waals surface area contributed by atoms with Gasteiger partial charge in [-0.05, 0) is 15.9 Å². The maximum atomic E-state index is 4.93. The summed E-state index contributed by atoms with van der Waals surface area (Å²) in [6.45, 7) is 0. The first-order valence-corrected chi connectivity index (χ1v) is 3.96. The predicted octanol–water partition coefficient (Wildman–Crippen LogP) is 1.57. The molecule has 68 valence electrons. The maximum absolute atomic E-state index is 4.93. The van der Waals surface area contributed by atoms with Crippen LogP contribution in [0.25, 0.3) is 0 Å². The molecule has 0 aliphatic heterocycles. The minimum absolute atomic E-state index is 0.419. The van der Waals surface area contributed by atoms with E-state index >= 15 is 0 Å². The highest BCUT2D eigenvalue weighted by Crippen LogP contribution is 2.11. The third-order valence-corrected chi connectivity index (χ3v) is 1.46. The first-order valence-electron chi connectivity index (χ1n) is 3.17. The Hall–Kier alpha value is -0.840. The lowest BCUT2D eigenvalue weighted by atomic mass is 10.6. The van der Waals surface area contributed by atoms with E-state index in [9.17, 15) is 0 Å². The Kier molecular flexibility index (Phi) is 6.37. The molecule has 0 aliphatic carbocycles. The number of hydrogen-bond acceptors (Lipinski definition) is 4. The van der Waals surface area contributed by atoms with Gasteiger partial charge in [0.2, 0.25) is 5.88 Å². The predicted molar refractivity (Wildman–Crippen MR) is 52.9 cm³/mol. The Morgan fingerprint density at radius 2 is 2.08 bits per heavy atom. The zero-order chi connectivity index (χ0) is 9.40. The van der Waals surface area contributed by atoms with Crippen LogP contribution < -0.4 is 0 Å². The summed E-state index contributed by atoms with van der Waals surface area (Å²) in [4.78, 5) is 7.64. The fraction of sp³-hybridized carbons (Fsp3) is 0.429. The normalized spacial score (nSPS) is 13.7. The molecule has 0 atom stereocenters. The van der Waals surface area contributed by atoms with Gasteiger partial charge >= 0.3 is 0 Å². The fourth-order valence-electron chi connectivity index (χ4n) is 0.481. The lowest BCUT2D eigenvalue weighted by molar-refractivity contribution is 0.286. The Labute approximate surface area is 80.1 Å². The quantitative estimate of drug-likeness (QED) is 0.421. The molecule has 0 spiro atoms. The number of rotatable bonds is 4. The van der Waals surface area contributed by atoms with Gasteiger partial charge in [0.25, 0.3) is 0 Å². The van der Waals surface area contributed by atoms with Gasteiger partial charge in [0.1, 0.15) is 0 Å². The summed E-state index contributed by atoms with van der Waals surface area (Å²) in [5, 5.41) is 0. The van der Waals surface area contributed by atoms with Crippen LogP contribution in [0.3, 0.4) is 0 Å². The molecule has 5 heteroatoms. The summed E-state index contributed by atoms with van der Waals surface area (Å²) in [7, 11) is 4.69. The molecule has 0 saturated carbocycles. The van der Waals surface area contributed by atoms with Gasteiger partial charge < -0.3 is 9.47 Å². The Bertz CT molecular complexity index is 211. The van der Waals surface area contributed by atoms with Crippen molar-refractivity contribution in [2.45, 2.75) is 0 Å². The summed E-state index contributed by atoms with van der Waals surface area (Å²) in [5.74, 6) is 0.419. The van der Waals surface area contributed by atoms with Crippen LogP contribution in [-0.4, -0.2) is 33.9 Å². The van der Waals surface area contributed by atoms with E-state index in [1.54, 1.807) is 13.3 Å². The highest BCUT2D eigenvalue weighted by Gasteiger charge is 1.98. The standard InChI is InChI=1S/C7H11BrN2O2/c1-9-4-6(8)7(12-3)10-5-11-2/h4-5H,1-3H3/b7-6-,9-4?,10-5?. The molecule has 0 radical (unpaired) electrons. The molecule has 0 aromatic heterocycles. The molecule has 12 heavy (non-hydrogen) atoms. The van der Waals surface area contributed by atoms with Crippen molar-refractivity contribution in [3.8, 4) is 0 Å². The number of aliphatic imine (C=N–C) groups is 2. The molecule has 0 aromatic rings. The van der Waals surface area contributed by atoms with Gasteiger partial charge in [-0.25, -0.2) is 0 Å². The van der Waals surface area contributed by atoms with Gasteiger partial charge in [0.15, 0.2) is 6.40 Å². The smallest absolute Gasteiger partial charge is 0.232 e.